The van der Waals surface area contributed by atoms with Crippen molar-refractivity contribution in [2.75, 3.05) is 6.54 Å². The smallest absolute Gasteiger partial charge is 0.253 e. The maximum Gasteiger partial charge on any atom is 0.253 e. The Morgan fingerprint density at radius 1 is 1.44 bits per heavy atom. The third-order valence-corrected chi connectivity index (χ3v) is 2.42. The molecule has 0 radical (unpaired) electrons. The van der Waals surface area contributed by atoms with Crippen LogP contribution in [0.25, 0.3) is 6.08 Å². The van der Waals surface area contributed by atoms with Crippen LogP contribution in [0.15, 0.2) is 30.5 Å². The Labute approximate surface area is 93.6 Å². The normalized spacial score (nSPS) is 16.0. The zero-order chi connectivity index (χ0) is 11.4. The topological polar surface area (TPSA) is 50.3 Å². The molecular weight excluding hydrogens is 204 g/mol. The van der Waals surface area contributed by atoms with E-state index in [-0.39, 0.29) is 11.8 Å². The van der Waals surface area contributed by atoms with E-state index in [2.05, 4.69) is 4.98 Å². The summed E-state index contributed by atoms with van der Waals surface area (Å²) < 4.78 is 0. The van der Waals surface area contributed by atoms with Gasteiger partial charge in [-0.05, 0) is 24.6 Å². The van der Waals surface area contributed by atoms with Crippen molar-refractivity contribution in [1.29, 1.82) is 0 Å². The lowest BCUT2D eigenvalue weighted by molar-refractivity contribution is -0.138. The van der Waals surface area contributed by atoms with E-state index in [4.69, 9.17) is 0 Å². The molecule has 1 saturated heterocycles. The Bertz CT molecular complexity index is 426. The van der Waals surface area contributed by atoms with Gasteiger partial charge in [0.15, 0.2) is 0 Å². The van der Waals surface area contributed by atoms with Crippen molar-refractivity contribution in [3.05, 3.63) is 36.2 Å². The van der Waals surface area contributed by atoms with Gasteiger partial charge in [0.2, 0.25) is 5.91 Å². The van der Waals surface area contributed by atoms with E-state index in [0.29, 0.717) is 18.7 Å². The van der Waals surface area contributed by atoms with E-state index in [0.717, 1.165) is 6.42 Å². The number of imide groups is 1. The van der Waals surface area contributed by atoms with Crippen LogP contribution in [0.3, 0.4) is 0 Å². The third-order valence-electron chi connectivity index (χ3n) is 2.42. The molecule has 1 fully saturated rings. The molecule has 0 aliphatic carbocycles. The number of pyridine rings is 1. The maximum atomic E-state index is 11.6. The highest BCUT2D eigenvalue weighted by molar-refractivity contribution is 6.03. The van der Waals surface area contributed by atoms with Crippen molar-refractivity contribution in [2.24, 2.45) is 0 Å². The first-order valence-corrected chi connectivity index (χ1v) is 5.21. The van der Waals surface area contributed by atoms with Crippen molar-refractivity contribution < 1.29 is 9.59 Å². The Morgan fingerprint density at radius 2 is 2.31 bits per heavy atom. The highest BCUT2D eigenvalue weighted by Gasteiger charge is 2.24. The summed E-state index contributed by atoms with van der Waals surface area (Å²) in [5, 5.41) is 0. The Hall–Kier alpha value is -1.97. The molecule has 0 N–H and O–H groups in total. The van der Waals surface area contributed by atoms with Gasteiger partial charge in [0.05, 0.1) is 5.69 Å². The minimum atomic E-state index is -0.256. The second kappa shape index (κ2) is 4.70. The lowest BCUT2D eigenvalue weighted by atomic mass is 10.3. The number of aromatic nitrogens is 1. The van der Waals surface area contributed by atoms with Crippen molar-refractivity contribution in [3.8, 4) is 0 Å². The SMILES string of the molecule is O=C(/C=C/c1ccccn1)N1CCCC1=O. The summed E-state index contributed by atoms with van der Waals surface area (Å²) in [6.07, 6.45) is 5.91. The highest BCUT2D eigenvalue weighted by Crippen LogP contribution is 2.10. The average molecular weight is 216 g/mol. The first kappa shape index (κ1) is 10.5. The molecule has 4 nitrogen and oxygen atoms in total. The summed E-state index contributed by atoms with van der Waals surface area (Å²) in [6, 6.07) is 5.46. The number of carbonyl (C=O) groups excluding carboxylic acids is 2. The van der Waals surface area contributed by atoms with Gasteiger partial charge in [0.25, 0.3) is 5.91 Å². The largest absolute Gasteiger partial charge is 0.279 e. The van der Waals surface area contributed by atoms with E-state index in [1.54, 1.807) is 18.3 Å². The lowest BCUT2D eigenvalue weighted by Gasteiger charge is -2.09. The van der Waals surface area contributed by atoms with Crippen LogP contribution in [0.5, 0.6) is 0 Å². The van der Waals surface area contributed by atoms with E-state index in [1.807, 2.05) is 12.1 Å². The summed E-state index contributed by atoms with van der Waals surface area (Å²) in [4.78, 5) is 28.2. The summed E-state index contributed by atoms with van der Waals surface area (Å²) in [7, 11) is 0. The minimum absolute atomic E-state index is 0.0873. The van der Waals surface area contributed by atoms with Gasteiger partial charge in [-0.2, -0.15) is 0 Å². The fourth-order valence-corrected chi connectivity index (χ4v) is 1.60. The van der Waals surface area contributed by atoms with Crippen molar-refractivity contribution in [2.45, 2.75) is 12.8 Å². The van der Waals surface area contributed by atoms with E-state index in [1.165, 1.54) is 11.0 Å². The van der Waals surface area contributed by atoms with E-state index >= 15 is 0 Å². The number of carbonyl (C=O) groups is 2. The Morgan fingerprint density at radius 3 is 2.94 bits per heavy atom. The first-order chi connectivity index (χ1) is 7.77. The zero-order valence-electron chi connectivity index (χ0n) is 8.80. The predicted octanol–water partition coefficient (Wildman–Crippen LogP) is 1.24. The molecule has 2 heterocycles. The number of hydrogen-bond donors (Lipinski definition) is 0. The molecule has 0 spiro atoms. The molecule has 1 aliphatic heterocycles. The molecule has 0 aromatic carbocycles. The molecule has 0 bridgehead atoms. The van der Waals surface area contributed by atoms with Crippen LogP contribution in [0.4, 0.5) is 0 Å². The first-order valence-electron chi connectivity index (χ1n) is 5.21. The molecular formula is C12H12N2O2. The van der Waals surface area contributed by atoms with Crippen LogP contribution in [0.2, 0.25) is 0 Å². The Kier molecular flexibility index (Phi) is 3.10. The number of nitrogens with zero attached hydrogens (tertiary/aromatic N) is 2. The van der Waals surface area contributed by atoms with Crippen LogP contribution in [-0.4, -0.2) is 28.2 Å². The molecule has 16 heavy (non-hydrogen) atoms. The van der Waals surface area contributed by atoms with Crippen LogP contribution in [0, 0.1) is 0 Å². The van der Waals surface area contributed by atoms with Gasteiger partial charge in [0, 0.05) is 25.2 Å². The summed E-state index contributed by atoms with van der Waals surface area (Å²) in [6.45, 7) is 0.532. The second-order valence-electron chi connectivity index (χ2n) is 3.58. The fourth-order valence-electron chi connectivity index (χ4n) is 1.60. The summed E-state index contributed by atoms with van der Waals surface area (Å²) >= 11 is 0. The highest BCUT2D eigenvalue weighted by atomic mass is 16.2. The molecule has 2 amide bonds. The summed E-state index contributed by atoms with van der Waals surface area (Å²) in [5.74, 6) is -0.344. The predicted molar refractivity (Wildman–Crippen MR) is 59.2 cm³/mol. The average Bonchev–Trinajstić information content (AvgIpc) is 2.74. The molecule has 1 aromatic heterocycles. The van der Waals surface area contributed by atoms with Crippen LogP contribution in [0.1, 0.15) is 18.5 Å². The minimum Gasteiger partial charge on any atom is -0.279 e. The van der Waals surface area contributed by atoms with E-state index < -0.39 is 0 Å². The number of amides is 2. The number of rotatable bonds is 2. The molecule has 1 aliphatic rings. The Balaban J connectivity index is 2.02. The van der Waals surface area contributed by atoms with Crippen molar-refractivity contribution in [3.63, 3.8) is 0 Å². The van der Waals surface area contributed by atoms with Crippen LogP contribution < -0.4 is 0 Å². The van der Waals surface area contributed by atoms with Gasteiger partial charge < -0.3 is 0 Å². The van der Waals surface area contributed by atoms with Gasteiger partial charge in [-0.15, -0.1) is 0 Å². The third kappa shape index (κ3) is 2.34. The molecule has 82 valence electrons. The van der Waals surface area contributed by atoms with E-state index in [9.17, 15) is 9.59 Å². The molecule has 0 unspecified atom stereocenters. The van der Waals surface area contributed by atoms with Gasteiger partial charge in [0.1, 0.15) is 0 Å². The quantitative estimate of drug-likeness (QED) is 0.699. The van der Waals surface area contributed by atoms with Gasteiger partial charge in [-0.25, -0.2) is 0 Å². The second-order valence-corrected chi connectivity index (χ2v) is 3.58. The van der Waals surface area contributed by atoms with Crippen molar-refractivity contribution >= 4 is 17.9 Å². The lowest BCUT2D eigenvalue weighted by Crippen LogP contribution is -2.30. The van der Waals surface area contributed by atoms with Crippen LogP contribution >= 0.6 is 0 Å². The molecule has 0 saturated carbocycles. The zero-order valence-corrected chi connectivity index (χ0v) is 8.80. The summed E-state index contributed by atoms with van der Waals surface area (Å²) in [5.41, 5.74) is 0.711. The van der Waals surface area contributed by atoms with Crippen molar-refractivity contribution in [1.82, 2.24) is 9.88 Å². The van der Waals surface area contributed by atoms with Gasteiger partial charge in [-0.3, -0.25) is 19.5 Å². The van der Waals surface area contributed by atoms with Gasteiger partial charge >= 0.3 is 0 Å². The standard InChI is InChI=1S/C12H12N2O2/c15-11-5-3-9-14(11)12(16)7-6-10-4-1-2-8-13-10/h1-2,4,6-8H,3,5,9H2/b7-6+. The number of hydrogen-bond acceptors (Lipinski definition) is 3. The number of likely N-dealkylation sites (tertiary alicyclic amines) is 1. The molecule has 2 rings (SSSR count). The van der Waals surface area contributed by atoms with Crippen LogP contribution in [-0.2, 0) is 9.59 Å². The molecule has 1 aromatic rings. The molecule has 0 atom stereocenters. The molecule has 4 heteroatoms. The van der Waals surface area contributed by atoms with Gasteiger partial charge in [-0.1, -0.05) is 6.07 Å². The fraction of sp³-hybridized carbons (Fsp3) is 0.250. The maximum absolute atomic E-state index is 11.6. The monoisotopic (exact) mass is 216 g/mol.